The number of unbranched alkanes of at least 4 members (excludes halogenated alkanes) is 5. The fourth-order valence-corrected chi connectivity index (χ4v) is 3.42. The Morgan fingerprint density at radius 3 is 2.33 bits per heavy atom. The number of ether oxygens (including phenoxy) is 1. The van der Waals surface area contributed by atoms with E-state index in [1.807, 2.05) is 24.1 Å². The van der Waals surface area contributed by atoms with Crippen molar-refractivity contribution in [2.45, 2.75) is 57.9 Å². The number of nitrogens with one attached hydrogen (secondary N) is 1. The highest BCUT2D eigenvalue weighted by molar-refractivity contribution is 6.07. The first-order chi connectivity index (χ1) is 12.9. The van der Waals surface area contributed by atoms with Gasteiger partial charge in [0.2, 0.25) is 0 Å². The third kappa shape index (κ3) is 5.22. The van der Waals surface area contributed by atoms with Crippen molar-refractivity contribution >= 4 is 11.9 Å². The Morgan fingerprint density at radius 2 is 1.70 bits per heavy atom. The zero-order chi connectivity index (χ0) is 19.9. The molecular formula is C21H33N3O3. The van der Waals surface area contributed by atoms with Gasteiger partial charge in [-0.2, -0.15) is 0 Å². The molecule has 150 valence electrons. The first-order valence-corrected chi connectivity index (χ1v) is 9.89. The molecule has 6 heteroatoms. The van der Waals surface area contributed by atoms with Gasteiger partial charge in [0.1, 0.15) is 11.3 Å². The predicted molar refractivity (Wildman–Crippen MR) is 107 cm³/mol. The zero-order valence-corrected chi connectivity index (χ0v) is 17.1. The normalized spacial score (nSPS) is 19.7. The summed E-state index contributed by atoms with van der Waals surface area (Å²) in [6.45, 7) is 5.15. The minimum absolute atomic E-state index is 0.215. The quantitative estimate of drug-likeness (QED) is 0.473. The van der Waals surface area contributed by atoms with Gasteiger partial charge in [-0.25, -0.2) is 9.69 Å². The Balaban J connectivity index is 1.90. The summed E-state index contributed by atoms with van der Waals surface area (Å²) in [4.78, 5) is 28.7. The lowest BCUT2D eigenvalue weighted by molar-refractivity contribution is -0.132. The van der Waals surface area contributed by atoms with E-state index in [-0.39, 0.29) is 11.9 Å². The van der Waals surface area contributed by atoms with Crippen LogP contribution in [0, 0.1) is 0 Å². The summed E-state index contributed by atoms with van der Waals surface area (Å²) in [5, 5.41) is 2.85. The van der Waals surface area contributed by atoms with Crippen molar-refractivity contribution < 1.29 is 14.3 Å². The number of carbonyl (C=O) groups is 2. The Hall–Kier alpha value is -2.08. The second-order valence-corrected chi connectivity index (χ2v) is 7.51. The number of urea groups is 1. The lowest BCUT2D eigenvalue weighted by Crippen LogP contribution is -2.43. The number of rotatable bonds is 11. The molecule has 1 saturated heterocycles. The van der Waals surface area contributed by atoms with Gasteiger partial charge >= 0.3 is 6.03 Å². The molecule has 1 aliphatic rings. The van der Waals surface area contributed by atoms with E-state index in [2.05, 4.69) is 12.2 Å². The molecule has 1 aromatic carbocycles. The van der Waals surface area contributed by atoms with Crippen molar-refractivity contribution in [3.8, 4) is 5.75 Å². The number of hydrogen-bond donors (Lipinski definition) is 1. The molecule has 3 amide bonds. The SMILES string of the molecule is CCCCCCCCN(C)CN1C(=O)NC(C)(c2ccc(OC)cc2)C1=O. The van der Waals surface area contributed by atoms with E-state index >= 15 is 0 Å². The van der Waals surface area contributed by atoms with Crippen LogP contribution in [0.3, 0.4) is 0 Å². The lowest BCUT2D eigenvalue weighted by atomic mass is 9.92. The maximum absolute atomic E-state index is 13.0. The smallest absolute Gasteiger partial charge is 0.326 e. The van der Waals surface area contributed by atoms with Gasteiger partial charge in [-0.15, -0.1) is 0 Å². The minimum Gasteiger partial charge on any atom is -0.497 e. The average molecular weight is 376 g/mol. The summed E-state index contributed by atoms with van der Waals surface area (Å²) in [6, 6.07) is 6.90. The summed E-state index contributed by atoms with van der Waals surface area (Å²) >= 11 is 0. The summed E-state index contributed by atoms with van der Waals surface area (Å²) in [6.07, 6.45) is 7.35. The van der Waals surface area contributed by atoms with Crippen LogP contribution in [-0.2, 0) is 10.3 Å². The van der Waals surface area contributed by atoms with Crippen LogP contribution in [0.1, 0.15) is 57.9 Å². The largest absolute Gasteiger partial charge is 0.497 e. The van der Waals surface area contributed by atoms with E-state index in [1.54, 1.807) is 26.2 Å². The molecule has 0 aliphatic carbocycles. The van der Waals surface area contributed by atoms with Gasteiger partial charge in [0.25, 0.3) is 5.91 Å². The molecule has 0 aromatic heterocycles. The minimum atomic E-state index is -1.04. The third-order valence-electron chi connectivity index (χ3n) is 5.22. The molecule has 0 radical (unpaired) electrons. The van der Waals surface area contributed by atoms with E-state index in [1.165, 1.54) is 37.0 Å². The van der Waals surface area contributed by atoms with Gasteiger partial charge in [-0.1, -0.05) is 51.2 Å². The maximum Gasteiger partial charge on any atom is 0.326 e. The van der Waals surface area contributed by atoms with Crippen LogP contribution in [0.4, 0.5) is 4.79 Å². The van der Waals surface area contributed by atoms with Crippen molar-refractivity contribution in [2.75, 3.05) is 27.4 Å². The van der Waals surface area contributed by atoms with Gasteiger partial charge in [0.15, 0.2) is 0 Å². The molecule has 1 unspecified atom stereocenters. The first kappa shape index (κ1) is 21.2. The van der Waals surface area contributed by atoms with E-state index in [0.29, 0.717) is 6.67 Å². The molecule has 1 N–H and O–H groups in total. The third-order valence-corrected chi connectivity index (χ3v) is 5.22. The number of hydrogen-bond acceptors (Lipinski definition) is 4. The number of amides is 3. The van der Waals surface area contributed by atoms with Crippen LogP contribution in [0.5, 0.6) is 5.75 Å². The highest BCUT2D eigenvalue weighted by Gasteiger charge is 2.49. The van der Waals surface area contributed by atoms with Gasteiger partial charge in [-0.3, -0.25) is 9.69 Å². The van der Waals surface area contributed by atoms with Gasteiger partial charge in [0.05, 0.1) is 13.8 Å². The molecular weight excluding hydrogens is 342 g/mol. The molecule has 1 aliphatic heterocycles. The Labute approximate surface area is 162 Å². The fourth-order valence-electron chi connectivity index (χ4n) is 3.42. The monoisotopic (exact) mass is 375 g/mol. The molecule has 1 fully saturated rings. The maximum atomic E-state index is 13.0. The molecule has 0 bridgehead atoms. The van der Waals surface area contributed by atoms with E-state index in [4.69, 9.17) is 4.74 Å². The Morgan fingerprint density at radius 1 is 1.07 bits per heavy atom. The molecule has 2 rings (SSSR count). The summed E-state index contributed by atoms with van der Waals surface area (Å²) in [5.41, 5.74) is -0.285. The van der Waals surface area contributed by atoms with Crippen molar-refractivity contribution in [3.63, 3.8) is 0 Å². The summed E-state index contributed by atoms with van der Waals surface area (Å²) in [5.74, 6) is 0.502. The number of nitrogens with zero attached hydrogens (tertiary/aromatic N) is 2. The number of imide groups is 1. The Kier molecular flexibility index (Phi) is 7.66. The molecule has 0 spiro atoms. The van der Waals surface area contributed by atoms with Crippen molar-refractivity contribution in [1.29, 1.82) is 0 Å². The van der Waals surface area contributed by atoms with E-state index in [0.717, 1.165) is 24.3 Å². The number of carbonyl (C=O) groups excluding carboxylic acids is 2. The average Bonchev–Trinajstić information content (AvgIpc) is 2.88. The van der Waals surface area contributed by atoms with E-state index in [9.17, 15) is 9.59 Å². The molecule has 6 nitrogen and oxygen atoms in total. The van der Waals surface area contributed by atoms with Gasteiger partial charge in [0, 0.05) is 0 Å². The first-order valence-electron chi connectivity index (χ1n) is 9.89. The van der Waals surface area contributed by atoms with Crippen LogP contribution >= 0.6 is 0 Å². The fraction of sp³-hybridized carbons (Fsp3) is 0.619. The van der Waals surface area contributed by atoms with Crippen LogP contribution < -0.4 is 10.1 Å². The summed E-state index contributed by atoms with van der Waals surface area (Å²) < 4.78 is 5.17. The van der Waals surface area contributed by atoms with Crippen molar-refractivity contribution in [1.82, 2.24) is 15.1 Å². The van der Waals surface area contributed by atoms with Crippen LogP contribution in [-0.4, -0.2) is 49.1 Å². The summed E-state index contributed by atoms with van der Waals surface area (Å²) in [7, 11) is 3.55. The van der Waals surface area contributed by atoms with Gasteiger partial charge in [-0.05, 0) is 44.6 Å². The molecule has 27 heavy (non-hydrogen) atoms. The molecule has 1 heterocycles. The zero-order valence-electron chi connectivity index (χ0n) is 17.1. The predicted octanol–water partition coefficient (Wildman–Crippen LogP) is 3.71. The molecule has 0 saturated carbocycles. The van der Waals surface area contributed by atoms with Crippen LogP contribution in [0.15, 0.2) is 24.3 Å². The Bertz CT molecular complexity index is 632. The second kappa shape index (κ2) is 9.74. The standard InChI is InChI=1S/C21H33N3O3/c1-5-6-7-8-9-10-15-23(3)16-24-19(25)21(2,22-20(24)26)17-11-13-18(27-4)14-12-17/h11-14H,5-10,15-16H2,1-4H3,(H,22,26). The lowest BCUT2D eigenvalue weighted by Gasteiger charge is -2.25. The van der Waals surface area contributed by atoms with Gasteiger partial charge < -0.3 is 10.1 Å². The molecule has 1 aromatic rings. The molecule has 1 atom stereocenters. The van der Waals surface area contributed by atoms with Crippen LogP contribution in [0.25, 0.3) is 0 Å². The number of benzene rings is 1. The van der Waals surface area contributed by atoms with E-state index < -0.39 is 5.54 Å². The van der Waals surface area contributed by atoms with Crippen LogP contribution in [0.2, 0.25) is 0 Å². The highest BCUT2D eigenvalue weighted by atomic mass is 16.5. The van der Waals surface area contributed by atoms with Crippen molar-refractivity contribution in [2.24, 2.45) is 0 Å². The highest BCUT2D eigenvalue weighted by Crippen LogP contribution is 2.30. The topological polar surface area (TPSA) is 61.9 Å². The number of methoxy groups -OCH3 is 1. The second-order valence-electron chi connectivity index (χ2n) is 7.51. The van der Waals surface area contributed by atoms with Crippen molar-refractivity contribution in [3.05, 3.63) is 29.8 Å².